The summed E-state index contributed by atoms with van der Waals surface area (Å²) in [7, 11) is 1.58. The zero-order valence-electron chi connectivity index (χ0n) is 9.64. The van der Waals surface area contributed by atoms with Gasteiger partial charge in [0.15, 0.2) is 5.82 Å². The number of ether oxygens (including phenoxy) is 1. The Bertz CT molecular complexity index is 694. The Morgan fingerprint density at radius 2 is 2.17 bits per heavy atom. The number of hydrogen-bond donors (Lipinski definition) is 1. The van der Waals surface area contributed by atoms with Crippen LogP contribution in [-0.4, -0.2) is 22.1 Å². The molecule has 0 aliphatic carbocycles. The fraction of sp³-hybridized carbons (Fsp3) is 0.0769. The first-order valence-corrected chi connectivity index (χ1v) is 5.80. The van der Waals surface area contributed by atoms with E-state index in [9.17, 15) is 0 Å². The van der Waals surface area contributed by atoms with Crippen LogP contribution in [-0.2, 0) is 0 Å². The first-order chi connectivity index (χ1) is 8.78. The van der Waals surface area contributed by atoms with Crippen molar-refractivity contribution in [2.24, 2.45) is 0 Å². The van der Waals surface area contributed by atoms with Crippen LogP contribution in [0.25, 0.3) is 22.6 Å². The van der Waals surface area contributed by atoms with Crippen LogP contribution in [0.2, 0.25) is 5.02 Å². The molecule has 0 aliphatic heterocycles. The van der Waals surface area contributed by atoms with Crippen molar-refractivity contribution in [2.45, 2.75) is 0 Å². The highest BCUT2D eigenvalue weighted by molar-refractivity contribution is 6.32. The summed E-state index contributed by atoms with van der Waals surface area (Å²) in [6.07, 6.45) is 1.73. The second-order valence-corrected chi connectivity index (χ2v) is 4.21. The number of nitrogens with zero attached hydrogens (tertiary/aromatic N) is 2. The van der Waals surface area contributed by atoms with E-state index in [-0.39, 0.29) is 0 Å². The average Bonchev–Trinajstić information content (AvgIpc) is 2.81. The van der Waals surface area contributed by atoms with Gasteiger partial charge in [-0.25, -0.2) is 4.98 Å². The molecular weight excluding hydrogens is 250 g/mol. The minimum atomic E-state index is 0.557. The lowest BCUT2D eigenvalue weighted by Gasteiger charge is -2.00. The summed E-state index contributed by atoms with van der Waals surface area (Å²) >= 11 is 6.07. The van der Waals surface area contributed by atoms with E-state index in [1.807, 2.05) is 18.2 Å². The highest BCUT2D eigenvalue weighted by atomic mass is 35.5. The molecule has 0 saturated heterocycles. The number of aromatic nitrogens is 3. The van der Waals surface area contributed by atoms with Crippen LogP contribution in [0, 0.1) is 0 Å². The summed E-state index contributed by atoms with van der Waals surface area (Å²) in [5, 5.41) is 0.557. The Hall–Kier alpha value is -2.07. The maximum atomic E-state index is 6.07. The number of pyridine rings is 1. The molecule has 0 atom stereocenters. The standard InChI is InChI=1S/C13H10ClN3O/c1-18-12-7-11-10(6-8(12)14)16-13(17-11)9-4-2-3-5-15-9/h2-7H,1H3,(H,16,17). The molecule has 0 spiro atoms. The molecule has 5 heteroatoms. The molecule has 0 saturated carbocycles. The fourth-order valence-electron chi connectivity index (χ4n) is 1.79. The molecule has 90 valence electrons. The molecule has 3 rings (SSSR count). The summed E-state index contributed by atoms with van der Waals surface area (Å²) in [5.41, 5.74) is 2.46. The molecule has 0 amide bonds. The molecule has 2 aromatic heterocycles. The third-order valence-corrected chi connectivity index (χ3v) is 2.96. The maximum Gasteiger partial charge on any atom is 0.157 e. The van der Waals surface area contributed by atoms with Crippen molar-refractivity contribution in [3.63, 3.8) is 0 Å². The van der Waals surface area contributed by atoms with E-state index in [1.54, 1.807) is 25.4 Å². The topological polar surface area (TPSA) is 50.8 Å². The number of nitrogens with one attached hydrogen (secondary N) is 1. The molecule has 0 aliphatic rings. The lowest BCUT2D eigenvalue weighted by molar-refractivity contribution is 0.415. The van der Waals surface area contributed by atoms with Crippen LogP contribution in [0.3, 0.4) is 0 Å². The summed E-state index contributed by atoms with van der Waals surface area (Å²) in [5.74, 6) is 1.33. The van der Waals surface area contributed by atoms with E-state index in [2.05, 4.69) is 15.0 Å². The number of imidazole rings is 1. The smallest absolute Gasteiger partial charge is 0.157 e. The van der Waals surface area contributed by atoms with Crippen molar-refractivity contribution in [2.75, 3.05) is 7.11 Å². The number of fused-ring (bicyclic) bond motifs is 1. The second kappa shape index (κ2) is 4.31. The van der Waals surface area contributed by atoms with Crippen LogP contribution in [0.15, 0.2) is 36.5 Å². The Kier molecular flexibility index (Phi) is 2.64. The summed E-state index contributed by atoms with van der Waals surface area (Å²) in [4.78, 5) is 11.9. The van der Waals surface area contributed by atoms with Crippen molar-refractivity contribution < 1.29 is 4.74 Å². The zero-order valence-corrected chi connectivity index (χ0v) is 10.4. The number of hydrogen-bond acceptors (Lipinski definition) is 3. The third kappa shape index (κ3) is 1.80. The van der Waals surface area contributed by atoms with Gasteiger partial charge < -0.3 is 9.72 Å². The van der Waals surface area contributed by atoms with E-state index in [0.717, 1.165) is 22.6 Å². The van der Waals surface area contributed by atoms with Gasteiger partial charge in [0.25, 0.3) is 0 Å². The van der Waals surface area contributed by atoms with E-state index in [4.69, 9.17) is 16.3 Å². The molecule has 1 aromatic carbocycles. The fourth-order valence-corrected chi connectivity index (χ4v) is 2.03. The van der Waals surface area contributed by atoms with E-state index < -0.39 is 0 Å². The van der Waals surface area contributed by atoms with Crippen molar-refractivity contribution in [1.29, 1.82) is 0 Å². The normalized spacial score (nSPS) is 10.8. The number of H-pyrrole nitrogens is 1. The molecule has 0 unspecified atom stereocenters. The Balaban J connectivity index is 2.17. The minimum absolute atomic E-state index is 0.557. The van der Waals surface area contributed by atoms with Crippen molar-refractivity contribution in [3.8, 4) is 17.3 Å². The van der Waals surface area contributed by atoms with E-state index in [0.29, 0.717) is 10.8 Å². The van der Waals surface area contributed by atoms with Crippen LogP contribution in [0.5, 0.6) is 5.75 Å². The second-order valence-electron chi connectivity index (χ2n) is 3.80. The molecule has 4 nitrogen and oxygen atoms in total. The Morgan fingerprint density at radius 3 is 2.89 bits per heavy atom. The van der Waals surface area contributed by atoms with Crippen LogP contribution in [0.4, 0.5) is 0 Å². The van der Waals surface area contributed by atoms with Crippen molar-refractivity contribution in [3.05, 3.63) is 41.6 Å². The van der Waals surface area contributed by atoms with Gasteiger partial charge in [-0.2, -0.15) is 0 Å². The summed E-state index contributed by atoms with van der Waals surface area (Å²) < 4.78 is 5.17. The molecule has 18 heavy (non-hydrogen) atoms. The van der Waals surface area contributed by atoms with Crippen LogP contribution >= 0.6 is 11.6 Å². The molecule has 0 fully saturated rings. The lowest BCUT2D eigenvalue weighted by Crippen LogP contribution is -1.83. The van der Waals surface area contributed by atoms with Gasteiger partial charge in [-0.05, 0) is 18.2 Å². The van der Waals surface area contributed by atoms with E-state index in [1.165, 1.54) is 0 Å². The Morgan fingerprint density at radius 1 is 1.28 bits per heavy atom. The monoisotopic (exact) mass is 259 g/mol. The SMILES string of the molecule is COc1cc2nc(-c3ccccn3)[nH]c2cc1Cl. The highest BCUT2D eigenvalue weighted by Gasteiger charge is 2.09. The predicted molar refractivity (Wildman–Crippen MR) is 70.9 cm³/mol. The quantitative estimate of drug-likeness (QED) is 0.768. The Labute approximate surface area is 109 Å². The van der Waals surface area contributed by atoms with Crippen LogP contribution < -0.4 is 4.74 Å². The van der Waals surface area contributed by atoms with E-state index >= 15 is 0 Å². The van der Waals surface area contributed by atoms with Gasteiger partial charge in [-0.3, -0.25) is 4.98 Å². The maximum absolute atomic E-state index is 6.07. The van der Waals surface area contributed by atoms with Gasteiger partial charge >= 0.3 is 0 Å². The summed E-state index contributed by atoms with van der Waals surface area (Å²) in [6, 6.07) is 9.29. The third-order valence-electron chi connectivity index (χ3n) is 2.66. The van der Waals surface area contributed by atoms with Gasteiger partial charge in [-0.1, -0.05) is 17.7 Å². The molecule has 0 bridgehead atoms. The predicted octanol–water partition coefficient (Wildman–Crippen LogP) is 3.29. The largest absolute Gasteiger partial charge is 0.495 e. The van der Waals surface area contributed by atoms with Gasteiger partial charge in [0.2, 0.25) is 0 Å². The first-order valence-electron chi connectivity index (χ1n) is 5.42. The molecule has 3 aromatic rings. The van der Waals surface area contributed by atoms with Gasteiger partial charge in [0, 0.05) is 12.3 Å². The highest BCUT2D eigenvalue weighted by Crippen LogP contribution is 2.30. The number of rotatable bonds is 2. The zero-order chi connectivity index (χ0) is 12.5. The molecule has 1 N–H and O–H groups in total. The van der Waals surface area contributed by atoms with Crippen LogP contribution in [0.1, 0.15) is 0 Å². The van der Waals surface area contributed by atoms with Crippen molar-refractivity contribution >= 4 is 22.6 Å². The van der Waals surface area contributed by atoms with Gasteiger partial charge in [0.05, 0.1) is 23.2 Å². The number of halogens is 1. The number of aromatic amines is 1. The lowest BCUT2D eigenvalue weighted by atomic mass is 10.3. The van der Waals surface area contributed by atoms with Gasteiger partial charge in [-0.15, -0.1) is 0 Å². The minimum Gasteiger partial charge on any atom is -0.495 e. The molecule has 0 radical (unpaired) electrons. The first kappa shape index (κ1) is 11.0. The van der Waals surface area contributed by atoms with Crippen molar-refractivity contribution in [1.82, 2.24) is 15.0 Å². The van der Waals surface area contributed by atoms with Gasteiger partial charge in [0.1, 0.15) is 11.4 Å². The summed E-state index contributed by atoms with van der Waals surface area (Å²) in [6.45, 7) is 0. The number of methoxy groups -OCH3 is 1. The average molecular weight is 260 g/mol. The molecular formula is C13H10ClN3O. The molecule has 2 heterocycles. The number of benzene rings is 1.